The first-order valence-corrected chi connectivity index (χ1v) is 12.0. The maximum atomic E-state index is 13.5. The molecule has 0 heterocycles. The van der Waals surface area contributed by atoms with Crippen molar-refractivity contribution in [1.82, 2.24) is 0 Å². The molecule has 0 atom stereocenters. The Morgan fingerprint density at radius 2 is 1.52 bits per heavy atom. The number of hydrogen-bond donors (Lipinski definition) is 0. The van der Waals surface area contributed by atoms with Crippen LogP contribution in [0.2, 0.25) is 0 Å². The third kappa shape index (κ3) is 5.46. The van der Waals surface area contributed by atoms with Crippen LogP contribution in [-0.2, 0) is 10.0 Å². The van der Waals surface area contributed by atoms with Crippen molar-refractivity contribution in [3.05, 3.63) is 78.4 Å². The Kier molecular flexibility index (Phi) is 7.95. The van der Waals surface area contributed by atoms with Gasteiger partial charge in [0.05, 0.1) is 30.4 Å². The van der Waals surface area contributed by atoms with E-state index in [1.165, 1.54) is 42.8 Å². The number of unbranched alkanes of at least 4 members (excludes halogenated alkanes) is 1. The third-order valence-corrected chi connectivity index (χ3v) is 6.82. The van der Waals surface area contributed by atoms with E-state index in [9.17, 15) is 13.2 Å². The van der Waals surface area contributed by atoms with E-state index in [0.29, 0.717) is 30.2 Å². The fourth-order valence-electron chi connectivity index (χ4n) is 3.26. The van der Waals surface area contributed by atoms with E-state index in [-0.39, 0.29) is 16.2 Å². The molecule has 0 saturated heterocycles. The van der Waals surface area contributed by atoms with Gasteiger partial charge in [0.1, 0.15) is 0 Å². The van der Waals surface area contributed by atoms with Gasteiger partial charge in [-0.15, -0.1) is 0 Å². The van der Waals surface area contributed by atoms with Gasteiger partial charge in [0.25, 0.3) is 10.0 Å². The summed E-state index contributed by atoms with van der Waals surface area (Å²) in [6.45, 7) is 2.33. The highest BCUT2D eigenvalue weighted by atomic mass is 32.2. The molecule has 0 N–H and O–H groups in total. The molecule has 0 aliphatic rings. The first-order valence-electron chi connectivity index (χ1n) is 10.5. The van der Waals surface area contributed by atoms with Crippen LogP contribution in [0.15, 0.2) is 77.7 Å². The summed E-state index contributed by atoms with van der Waals surface area (Å²) >= 11 is 0. The molecule has 0 fully saturated rings. The Bertz CT molecular complexity index is 1170. The van der Waals surface area contributed by atoms with Crippen molar-refractivity contribution in [2.75, 3.05) is 25.1 Å². The first-order chi connectivity index (χ1) is 15.9. The van der Waals surface area contributed by atoms with Crippen LogP contribution in [0.5, 0.6) is 17.2 Å². The minimum atomic E-state index is -3.90. The summed E-state index contributed by atoms with van der Waals surface area (Å²) in [7, 11) is -1.00. The van der Waals surface area contributed by atoms with Crippen molar-refractivity contribution in [3.63, 3.8) is 0 Å². The smallest absolute Gasteiger partial charge is 0.343 e. The van der Waals surface area contributed by atoms with E-state index in [1.807, 2.05) is 13.0 Å². The Labute approximate surface area is 194 Å². The molecule has 0 spiro atoms. The van der Waals surface area contributed by atoms with E-state index < -0.39 is 16.0 Å². The minimum Gasteiger partial charge on any atom is -0.493 e. The Hall–Kier alpha value is -3.52. The molecule has 0 bridgehead atoms. The Morgan fingerprint density at radius 3 is 2.12 bits per heavy atom. The summed E-state index contributed by atoms with van der Waals surface area (Å²) in [6, 6.07) is 19.7. The molecule has 0 amide bonds. The number of benzene rings is 3. The second-order valence-corrected chi connectivity index (χ2v) is 9.04. The minimum absolute atomic E-state index is 0.00361. The fourth-order valence-corrected chi connectivity index (χ4v) is 4.81. The van der Waals surface area contributed by atoms with Crippen LogP contribution in [0.25, 0.3) is 0 Å². The summed E-state index contributed by atoms with van der Waals surface area (Å²) < 4.78 is 44.4. The van der Waals surface area contributed by atoms with Gasteiger partial charge in [-0.2, -0.15) is 0 Å². The summed E-state index contributed by atoms with van der Waals surface area (Å²) in [5.41, 5.74) is 0.658. The van der Waals surface area contributed by atoms with E-state index >= 15 is 0 Å². The van der Waals surface area contributed by atoms with Crippen LogP contribution < -0.4 is 18.5 Å². The number of carbonyl (C=O) groups is 1. The molecule has 3 rings (SSSR count). The maximum absolute atomic E-state index is 13.5. The number of nitrogens with zero attached hydrogens (tertiary/aromatic N) is 1. The Morgan fingerprint density at radius 1 is 0.879 bits per heavy atom. The first kappa shape index (κ1) is 24.1. The zero-order valence-corrected chi connectivity index (χ0v) is 19.7. The molecule has 3 aromatic carbocycles. The lowest BCUT2D eigenvalue weighted by Gasteiger charge is -2.24. The largest absolute Gasteiger partial charge is 0.493 e. The average molecular weight is 470 g/mol. The van der Waals surface area contributed by atoms with Crippen LogP contribution in [-0.4, -0.2) is 35.2 Å². The molecular weight excluding hydrogens is 442 g/mol. The van der Waals surface area contributed by atoms with Gasteiger partial charge in [0.2, 0.25) is 5.75 Å². The monoisotopic (exact) mass is 469 g/mol. The van der Waals surface area contributed by atoms with Crippen LogP contribution in [0.4, 0.5) is 5.69 Å². The van der Waals surface area contributed by atoms with E-state index in [4.69, 9.17) is 14.2 Å². The highest BCUT2D eigenvalue weighted by molar-refractivity contribution is 7.92. The summed E-state index contributed by atoms with van der Waals surface area (Å²) in [4.78, 5) is 12.9. The van der Waals surface area contributed by atoms with Crippen LogP contribution in [0, 0.1) is 0 Å². The number of anilines is 1. The molecule has 7 nitrogen and oxygen atoms in total. The normalized spacial score (nSPS) is 11.0. The number of rotatable bonds is 10. The molecule has 3 aromatic rings. The van der Waals surface area contributed by atoms with Gasteiger partial charge >= 0.3 is 5.97 Å². The molecular formula is C25H27NO6S. The number of hydrogen-bond acceptors (Lipinski definition) is 6. The molecule has 8 heteroatoms. The highest BCUT2D eigenvalue weighted by Gasteiger charge is 2.26. The standard InChI is InChI=1S/C25H27NO6S/c1-4-5-17-26(20-12-7-6-8-13-20)33(28,29)21-14-9-11-19(18-21)25(27)32-24-22(30-2)15-10-16-23(24)31-3/h6-16,18H,4-5,17H2,1-3H3. The quantitative estimate of drug-likeness (QED) is 0.310. The number of ether oxygens (including phenoxy) is 3. The number of para-hydroxylation sites is 2. The van der Waals surface area contributed by atoms with Gasteiger partial charge in [-0.1, -0.05) is 43.7 Å². The fraction of sp³-hybridized carbons (Fsp3) is 0.240. The number of esters is 1. The van der Waals surface area contributed by atoms with Crippen molar-refractivity contribution in [2.45, 2.75) is 24.7 Å². The Balaban J connectivity index is 1.95. The second-order valence-electron chi connectivity index (χ2n) is 7.18. The van der Waals surface area contributed by atoms with Crippen molar-refractivity contribution in [1.29, 1.82) is 0 Å². The van der Waals surface area contributed by atoms with E-state index in [0.717, 1.165) is 6.42 Å². The van der Waals surface area contributed by atoms with Gasteiger partial charge in [-0.3, -0.25) is 4.31 Å². The number of sulfonamides is 1. The lowest BCUT2D eigenvalue weighted by molar-refractivity contribution is 0.0724. The van der Waals surface area contributed by atoms with E-state index in [2.05, 4.69) is 0 Å². The van der Waals surface area contributed by atoms with E-state index in [1.54, 1.807) is 42.5 Å². The van der Waals surface area contributed by atoms with Crippen LogP contribution >= 0.6 is 0 Å². The maximum Gasteiger partial charge on any atom is 0.343 e. The molecule has 0 radical (unpaired) electrons. The summed E-state index contributed by atoms with van der Waals surface area (Å²) in [6.07, 6.45) is 1.54. The van der Waals surface area contributed by atoms with Gasteiger partial charge in [0.15, 0.2) is 11.5 Å². The van der Waals surface area contributed by atoms with Crippen molar-refractivity contribution in [2.24, 2.45) is 0 Å². The second kappa shape index (κ2) is 10.9. The van der Waals surface area contributed by atoms with Crippen molar-refractivity contribution in [3.8, 4) is 17.2 Å². The number of methoxy groups -OCH3 is 2. The predicted octanol–water partition coefficient (Wildman–Crippen LogP) is 4.92. The zero-order chi connectivity index (χ0) is 23.8. The molecule has 33 heavy (non-hydrogen) atoms. The number of carbonyl (C=O) groups excluding carboxylic acids is 1. The lowest BCUT2D eigenvalue weighted by atomic mass is 10.2. The lowest BCUT2D eigenvalue weighted by Crippen LogP contribution is -2.32. The van der Waals surface area contributed by atoms with Gasteiger partial charge in [-0.25, -0.2) is 13.2 Å². The summed E-state index contributed by atoms with van der Waals surface area (Å²) in [5, 5.41) is 0. The van der Waals surface area contributed by atoms with Gasteiger partial charge < -0.3 is 14.2 Å². The predicted molar refractivity (Wildman–Crippen MR) is 127 cm³/mol. The van der Waals surface area contributed by atoms with Crippen LogP contribution in [0.1, 0.15) is 30.1 Å². The molecule has 0 aromatic heterocycles. The van der Waals surface area contributed by atoms with Crippen LogP contribution in [0.3, 0.4) is 0 Å². The SMILES string of the molecule is CCCCN(c1ccccc1)S(=O)(=O)c1cccc(C(=O)Oc2c(OC)cccc2OC)c1. The molecule has 174 valence electrons. The van der Waals surface area contributed by atoms with Crippen molar-refractivity contribution >= 4 is 21.7 Å². The topological polar surface area (TPSA) is 82.1 Å². The molecule has 0 saturated carbocycles. The summed E-state index contributed by atoms with van der Waals surface area (Å²) in [5.74, 6) is 0.0341. The average Bonchev–Trinajstić information content (AvgIpc) is 2.85. The third-order valence-electron chi connectivity index (χ3n) is 4.99. The molecule has 0 aliphatic carbocycles. The molecule has 0 unspecified atom stereocenters. The van der Waals surface area contributed by atoms with Crippen molar-refractivity contribution < 1.29 is 27.4 Å². The van der Waals surface area contributed by atoms with Gasteiger partial charge in [-0.05, 0) is 48.9 Å². The van der Waals surface area contributed by atoms with Gasteiger partial charge in [0, 0.05) is 6.54 Å². The zero-order valence-electron chi connectivity index (χ0n) is 18.9. The molecule has 0 aliphatic heterocycles. The highest BCUT2D eigenvalue weighted by Crippen LogP contribution is 2.37.